The zero-order valence-corrected chi connectivity index (χ0v) is 16.4. The summed E-state index contributed by atoms with van der Waals surface area (Å²) in [5.41, 5.74) is 4.28. The molecule has 0 aliphatic heterocycles. The molecule has 0 amide bonds. The molecule has 4 aliphatic carbocycles. The Hall–Kier alpha value is -1.45. The zero-order valence-electron chi connectivity index (χ0n) is 16.4. The molecule has 0 spiro atoms. The van der Waals surface area contributed by atoms with Gasteiger partial charge < -0.3 is 10.2 Å². The van der Waals surface area contributed by atoms with Crippen molar-refractivity contribution in [3.8, 4) is 0 Å². The molecule has 3 nitrogen and oxygen atoms in total. The van der Waals surface area contributed by atoms with Crippen molar-refractivity contribution < 1.29 is 10.2 Å². The number of aliphatic hydroxyl groups is 2. The van der Waals surface area contributed by atoms with E-state index in [2.05, 4.69) is 37.0 Å². The summed E-state index contributed by atoms with van der Waals surface area (Å²) in [5.74, 6) is 1.33. The molecule has 7 atom stereocenters. The van der Waals surface area contributed by atoms with Gasteiger partial charge in [-0.25, -0.2) is 0 Å². The number of aromatic nitrogens is 1. The van der Waals surface area contributed by atoms with Gasteiger partial charge in [0.2, 0.25) is 0 Å². The summed E-state index contributed by atoms with van der Waals surface area (Å²) in [6.07, 6.45) is 13.9. The molecule has 2 N–H and O–H groups in total. The summed E-state index contributed by atoms with van der Waals surface area (Å²) in [6.45, 7) is 4.82. The van der Waals surface area contributed by atoms with Crippen molar-refractivity contribution in [2.45, 2.75) is 64.6 Å². The Morgan fingerprint density at radius 3 is 2.67 bits per heavy atom. The predicted octanol–water partition coefficient (Wildman–Crippen LogP) is 4.37. The first kappa shape index (κ1) is 17.6. The van der Waals surface area contributed by atoms with Crippen LogP contribution in [0.25, 0.3) is 5.57 Å². The van der Waals surface area contributed by atoms with Crippen LogP contribution in [0.4, 0.5) is 0 Å². The van der Waals surface area contributed by atoms with Crippen LogP contribution >= 0.6 is 0 Å². The first-order chi connectivity index (χ1) is 12.9. The third-order valence-electron chi connectivity index (χ3n) is 8.66. The normalized spacial score (nSPS) is 46.0. The van der Waals surface area contributed by atoms with Crippen LogP contribution < -0.4 is 0 Å². The molecule has 0 bridgehead atoms. The van der Waals surface area contributed by atoms with Gasteiger partial charge in [-0.05, 0) is 84.3 Å². The SMILES string of the molecule is C[C@]12CC[C@H](O)CC1=C[C@@H](O)[C@@H]1[C@@H]2CC[C@]2(C)C(c3cccnc3)=CC[C@@H]12. The van der Waals surface area contributed by atoms with E-state index in [4.69, 9.17) is 0 Å². The molecule has 2 fully saturated rings. The van der Waals surface area contributed by atoms with E-state index >= 15 is 0 Å². The van der Waals surface area contributed by atoms with Crippen LogP contribution in [0.3, 0.4) is 0 Å². The fourth-order valence-electron chi connectivity index (χ4n) is 7.17. The van der Waals surface area contributed by atoms with Crippen molar-refractivity contribution in [3.05, 3.63) is 47.8 Å². The first-order valence-electron chi connectivity index (χ1n) is 10.6. The summed E-state index contributed by atoms with van der Waals surface area (Å²) in [5, 5.41) is 21.3. The Morgan fingerprint density at radius 1 is 1.07 bits per heavy atom. The molecular formula is C24H31NO2. The van der Waals surface area contributed by atoms with Crippen LogP contribution in [0.5, 0.6) is 0 Å². The lowest BCUT2D eigenvalue weighted by Gasteiger charge is -2.58. The van der Waals surface area contributed by atoms with Crippen molar-refractivity contribution in [2.24, 2.45) is 28.6 Å². The van der Waals surface area contributed by atoms with Crippen LogP contribution in [0.15, 0.2) is 42.3 Å². The third kappa shape index (κ3) is 2.44. The molecule has 3 heteroatoms. The highest BCUT2D eigenvalue weighted by Gasteiger charge is 2.59. The number of allylic oxidation sites excluding steroid dienone is 2. The number of hydrogen-bond acceptors (Lipinski definition) is 3. The van der Waals surface area contributed by atoms with Crippen LogP contribution in [0, 0.1) is 28.6 Å². The van der Waals surface area contributed by atoms with E-state index in [0.29, 0.717) is 17.8 Å². The van der Waals surface area contributed by atoms with Crippen molar-refractivity contribution in [3.63, 3.8) is 0 Å². The van der Waals surface area contributed by atoms with Crippen molar-refractivity contribution in [1.29, 1.82) is 0 Å². The third-order valence-corrected chi connectivity index (χ3v) is 8.66. The smallest absolute Gasteiger partial charge is 0.0757 e. The van der Waals surface area contributed by atoms with E-state index in [1.807, 2.05) is 18.5 Å². The minimum Gasteiger partial charge on any atom is -0.393 e. The highest BCUT2D eigenvalue weighted by molar-refractivity contribution is 5.72. The Balaban J connectivity index is 1.52. The molecular weight excluding hydrogens is 334 g/mol. The average molecular weight is 366 g/mol. The largest absolute Gasteiger partial charge is 0.393 e. The fourth-order valence-corrected chi connectivity index (χ4v) is 7.17. The van der Waals surface area contributed by atoms with E-state index in [0.717, 1.165) is 32.1 Å². The molecule has 1 heterocycles. The summed E-state index contributed by atoms with van der Waals surface area (Å²) in [7, 11) is 0. The van der Waals surface area contributed by atoms with Gasteiger partial charge in [0, 0.05) is 12.4 Å². The van der Waals surface area contributed by atoms with E-state index in [9.17, 15) is 10.2 Å². The lowest BCUT2D eigenvalue weighted by molar-refractivity contribution is -0.0731. The molecule has 0 radical (unpaired) electrons. The van der Waals surface area contributed by atoms with Gasteiger partial charge in [-0.3, -0.25) is 4.98 Å². The van der Waals surface area contributed by atoms with Crippen LogP contribution in [0.1, 0.15) is 57.9 Å². The highest BCUT2D eigenvalue weighted by atomic mass is 16.3. The Bertz CT molecular complexity index is 800. The van der Waals surface area contributed by atoms with Crippen LogP contribution in [-0.2, 0) is 0 Å². The maximum Gasteiger partial charge on any atom is 0.0757 e. The maximum absolute atomic E-state index is 11.2. The first-order valence-corrected chi connectivity index (χ1v) is 10.6. The topological polar surface area (TPSA) is 53.4 Å². The standard InChI is InChI=1S/C24H31NO2/c1-23-9-7-17(26)12-16(23)13-21(27)22-19-6-5-18(15-4-3-11-25-14-15)24(19,2)10-8-20(22)23/h3-5,11,13-14,17,19-22,26-27H,6-10,12H2,1-2H3/t17-,19-,20-,21+,22-,23-,24+/m0/s1. The Kier molecular flexibility index (Phi) is 3.93. The lowest BCUT2D eigenvalue weighted by Crippen LogP contribution is -2.54. The quantitative estimate of drug-likeness (QED) is 0.727. The Labute approximate surface area is 162 Å². The van der Waals surface area contributed by atoms with Gasteiger partial charge in [0.1, 0.15) is 0 Å². The van der Waals surface area contributed by atoms with Crippen LogP contribution in [0.2, 0.25) is 0 Å². The number of fused-ring (bicyclic) bond motifs is 5. The van der Waals surface area contributed by atoms with Gasteiger partial charge in [0.25, 0.3) is 0 Å². The summed E-state index contributed by atoms with van der Waals surface area (Å²) >= 11 is 0. The molecule has 4 aliphatic rings. The summed E-state index contributed by atoms with van der Waals surface area (Å²) in [6, 6.07) is 4.20. The molecule has 0 aromatic carbocycles. The van der Waals surface area contributed by atoms with Crippen molar-refractivity contribution in [1.82, 2.24) is 4.98 Å². The van der Waals surface area contributed by atoms with E-state index in [1.54, 1.807) is 0 Å². The number of pyridine rings is 1. The molecule has 2 saturated carbocycles. The van der Waals surface area contributed by atoms with Crippen molar-refractivity contribution >= 4 is 5.57 Å². The maximum atomic E-state index is 11.2. The zero-order chi connectivity index (χ0) is 18.8. The molecule has 1 aromatic rings. The van der Waals surface area contributed by atoms with Gasteiger partial charge in [-0.2, -0.15) is 0 Å². The van der Waals surface area contributed by atoms with Gasteiger partial charge in [-0.15, -0.1) is 0 Å². The molecule has 0 saturated heterocycles. The summed E-state index contributed by atoms with van der Waals surface area (Å²) < 4.78 is 0. The minimum absolute atomic E-state index is 0.126. The number of nitrogens with zero attached hydrogens (tertiary/aromatic N) is 1. The molecule has 27 heavy (non-hydrogen) atoms. The second-order valence-corrected chi connectivity index (χ2v) is 9.84. The molecule has 5 rings (SSSR count). The number of rotatable bonds is 1. The van der Waals surface area contributed by atoms with Crippen molar-refractivity contribution in [2.75, 3.05) is 0 Å². The summed E-state index contributed by atoms with van der Waals surface area (Å²) in [4.78, 5) is 4.34. The number of hydrogen-bond donors (Lipinski definition) is 2. The molecule has 0 unspecified atom stereocenters. The van der Waals surface area contributed by atoms with Gasteiger partial charge in [0.05, 0.1) is 12.2 Å². The van der Waals surface area contributed by atoms with E-state index < -0.39 is 0 Å². The monoisotopic (exact) mass is 365 g/mol. The molecule has 144 valence electrons. The van der Waals surface area contributed by atoms with Gasteiger partial charge >= 0.3 is 0 Å². The number of aliphatic hydroxyl groups excluding tert-OH is 2. The van der Waals surface area contributed by atoms with Gasteiger partial charge in [-0.1, -0.05) is 37.6 Å². The average Bonchev–Trinajstić information content (AvgIpc) is 3.01. The van der Waals surface area contributed by atoms with E-state index in [1.165, 1.54) is 23.1 Å². The second kappa shape index (κ2) is 6.02. The molecule has 1 aromatic heterocycles. The highest BCUT2D eigenvalue weighted by Crippen LogP contribution is 2.66. The van der Waals surface area contributed by atoms with E-state index in [-0.39, 0.29) is 23.0 Å². The predicted molar refractivity (Wildman–Crippen MR) is 107 cm³/mol. The second-order valence-electron chi connectivity index (χ2n) is 9.84. The fraction of sp³-hybridized carbons (Fsp3) is 0.625. The van der Waals surface area contributed by atoms with Gasteiger partial charge in [0.15, 0.2) is 0 Å². The van der Waals surface area contributed by atoms with Crippen LogP contribution in [-0.4, -0.2) is 27.4 Å². The lowest BCUT2D eigenvalue weighted by atomic mass is 9.46. The Morgan fingerprint density at radius 2 is 1.89 bits per heavy atom. The minimum atomic E-state index is -0.380.